The molecule has 0 radical (unpaired) electrons. The lowest BCUT2D eigenvalue weighted by Gasteiger charge is -2.06. The van der Waals surface area contributed by atoms with Gasteiger partial charge >= 0.3 is 5.97 Å². The Balaban J connectivity index is 2.85. The fourth-order valence-corrected chi connectivity index (χ4v) is 1.45. The van der Waals surface area contributed by atoms with Crippen molar-refractivity contribution in [3.05, 3.63) is 47.8 Å². The van der Waals surface area contributed by atoms with Gasteiger partial charge in [0.15, 0.2) is 0 Å². The molecule has 0 saturated carbocycles. The van der Waals surface area contributed by atoms with Crippen molar-refractivity contribution in [2.75, 3.05) is 7.11 Å². The largest absolute Gasteiger partial charge is 0.469 e. The van der Waals surface area contributed by atoms with E-state index in [1.54, 1.807) is 24.3 Å². The van der Waals surface area contributed by atoms with Gasteiger partial charge in [-0.25, -0.2) is 4.39 Å². The van der Waals surface area contributed by atoms with Crippen LogP contribution < -0.4 is 0 Å². The molecule has 1 aromatic rings. The molecule has 0 spiro atoms. The van der Waals surface area contributed by atoms with E-state index in [4.69, 9.17) is 0 Å². The minimum absolute atomic E-state index is 0.0235. The van der Waals surface area contributed by atoms with Crippen LogP contribution in [0.5, 0.6) is 0 Å². The molecule has 2 nitrogen and oxygen atoms in total. The summed E-state index contributed by atoms with van der Waals surface area (Å²) in [4.78, 5) is 11.1. The van der Waals surface area contributed by atoms with Crippen molar-refractivity contribution in [3.63, 3.8) is 0 Å². The average molecular weight is 222 g/mol. The summed E-state index contributed by atoms with van der Waals surface area (Å²) >= 11 is 0. The average Bonchev–Trinajstić information content (AvgIpc) is 2.30. The van der Waals surface area contributed by atoms with Gasteiger partial charge in [0.2, 0.25) is 0 Å². The van der Waals surface area contributed by atoms with Crippen LogP contribution in [0.25, 0.3) is 0 Å². The zero-order chi connectivity index (χ0) is 12.0. The van der Waals surface area contributed by atoms with Crippen molar-refractivity contribution in [1.82, 2.24) is 0 Å². The van der Waals surface area contributed by atoms with E-state index < -0.39 is 5.97 Å². The van der Waals surface area contributed by atoms with Crippen molar-refractivity contribution in [2.24, 2.45) is 0 Å². The van der Waals surface area contributed by atoms with Crippen molar-refractivity contribution >= 4 is 5.97 Å². The fraction of sp³-hybridized carbons (Fsp3) is 0.308. The molecule has 0 amide bonds. The zero-order valence-electron chi connectivity index (χ0n) is 9.33. The minimum Gasteiger partial charge on any atom is -0.469 e. The van der Waals surface area contributed by atoms with Crippen LogP contribution in [0, 0.1) is 5.82 Å². The summed E-state index contributed by atoms with van der Waals surface area (Å²) in [6, 6.07) is 5.07. The molecule has 0 bridgehead atoms. The number of hydrogen-bond donors (Lipinski definition) is 0. The highest BCUT2D eigenvalue weighted by molar-refractivity contribution is 5.72. The molecule has 16 heavy (non-hydrogen) atoms. The lowest BCUT2D eigenvalue weighted by atomic mass is 10.0. The third-order valence-corrected chi connectivity index (χ3v) is 2.34. The molecule has 0 heterocycles. The van der Waals surface area contributed by atoms with Crippen LogP contribution in [0.3, 0.4) is 0 Å². The molecule has 0 fully saturated rings. The second-order valence-electron chi connectivity index (χ2n) is 3.47. The number of rotatable bonds is 5. The highest BCUT2D eigenvalue weighted by atomic mass is 19.1. The van der Waals surface area contributed by atoms with Gasteiger partial charge in [0, 0.05) is 0 Å². The van der Waals surface area contributed by atoms with Crippen LogP contribution in [-0.4, -0.2) is 13.1 Å². The Bertz CT molecular complexity index is 386. The molecule has 0 atom stereocenters. The second-order valence-corrected chi connectivity index (χ2v) is 3.47. The number of carbonyl (C=O) groups is 1. The van der Waals surface area contributed by atoms with Gasteiger partial charge in [-0.3, -0.25) is 4.79 Å². The number of hydrogen-bond acceptors (Lipinski definition) is 2. The Morgan fingerprint density at radius 3 is 2.81 bits per heavy atom. The SMILES string of the molecule is C=CCCc1cccc(CC(=O)OC)c1F. The quantitative estimate of drug-likeness (QED) is 0.565. The van der Waals surface area contributed by atoms with Crippen molar-refractivity contribution < 1.29 is 13.9 Å². The predicted molar refractivity (Wildman–Crippen MR) is 60.6 cm³/mol. The third kappa shape index (κ3) is 3.19. The van der Waals surface area contributed by atoms with Crippen molar-refractivity contribution in [3.8, 4) is 0 Å². The molecule has 1 rings (SSSR count). The Morgan fingerprint density at radius 1 is 1.50 bits per heavy atom. The molecule has 86 valence electrons. The number of halogens is 1. The highest BCUT2D eigenvalue weighted by Crippen LogP contribution is 2.15. The highest BCUT2D eigenvalue weighted by Gasteiger charge is 2.11. The van der Waals surface area contributed by atoms with E-state index in [1.807, 2.05) is 0 Å². The van der Waals surface area contributed by atoms with Crippen LogP contribution in [0.2, 0.25) is 0 Å². The first-order valence-corrected chi connectivity index (χ1v) is 5.13. The number of carbonyl (C=O) groups excluding carboxylic acids is 1. The van der Waals surface area contributed by atoms with Crippen LogP contribution in [0.4, 0.5) is 4.39 Å². The first kappa shape index (κ1) is 12.4. The lowest BCUT2D eigenvalue weighted by molar-refractivity contribution is -0.139. The molecule has 0 saturated heterocycles. The molecule has 0 aliphatic rings. The Morgan fingerprint density at radius 2 is 2.19 bits per heavy atom. The minimum atomic E-state index is -0.431. The van der Waals surface area contributed by atoms with Gasteiger partial charge in [0.1, 0.15) is 5.82 Å². The van der Waals surface area contributed by atoms with Crippen LogP contribution >= 0.6 is 0 Å². The number of allylic oxidation sites excluding steroid dienone is 1. The van der Waals surface area contributed by atoms with Crippen molar-refractivity contribution in [2.45, 2.75) is 19.3 Å². The standard InChI is InChI=1S/C13H15FO2/c1-3-4-6-10-7-5-8-11(13(10)14)9-12(15)16-2/h3,5,7-8H,1,4,6,9H2,2H3. The number of methoxy groups -OCH3 is 1. The van der Waals surface area contributed by atoms with Gasteiger partial charge in [-0.15, -0.1) is 6.58 Å². The molecular weight excluding hydrogens is 207 g/mol. The van der Waals surface area contributed by atoms with Gasteiger partial charge in [0.25, 0.3) is 0 Å². The molecule has 3 heteroatoms. The topological polar surface area (TPSA) is 26.3 Å². The van der Waals surface area contributed by atoms with Gasteiger partial charge in [-0.2, -0.15) is 0 Å². The van der Waals surface area contributed by atoms with E-state index in [2.05, 4.69) is 11.3 Å². The maximum Gasteiger partial charge on any atom is 0.310 e. The number of aryl methyl sites for hydroxylation is 1. The van der Waals surface area contributed by atoms with Crippen LogP contribution in [0.1, 0.15) is 17.5 Å². The molecule has 0 aromatic heterocycles. The van der Waals surface area contributed by atoms with Gasteiger partial charge < -0.3 is 4.74 Å². The van der Waals surface area contributed by atoms with E-state index in [0.29, 0.717) is 17.5 Å². The Kier molecular flexibility index (Phi) is 4.70. The molecule has 0 unspecified atom stereocenters. The summed E-state index contributed by atoms with van der Waals surface area (Å²) in [7, 11) is 1.29. The first-order chi connectivity index (χ1) is 7.69. The summed E-state index contributed by atoms with van der Waals surface area (Å²) in [5.74, 6) is -0.741. The van der Waals surface area contributed by atoms with E-state index in [9.17, 15) is 9.18 Å². The summed E-state index contributed by atoms with van der Waals surface area (Å²) in [6.07, 6.45) is 3.04. The third-order valence-electron chi connectivity index (χ3n) is 2.34. The molecule has 0 aliphatic heterocycles. The number of esters is 1. The smallest absolute Gasteiger partial charge is 0.310 e. The molecule has 1 aromatic carbocycles. The predicted octanol–water partition coefficient (Wildman–Crippen LogP) is 2.66. The van der Waals surface area contributed by atoms with E-state index >= 15 is 0 Å². The zero-order valence-corrected chi connectivity index (χ0v) is 9.33. The van der Waals surface area contributed by atoms with Gasteiger partial charge in [-0.05, 0) is 24.0 Å². The fourth-order valence-electron chi connectivity index (χ4n) is 1.45. The van der Waals surface area contributed by atoms with E-state index in [1.165, 1.54) is 7.11 Å². The maximum atomic E-state index is 13.9. The van der Waals surface area contributed by atoms with Crippen LogP contribution in [-0.2, 0) is 22.4 Å². The van der Waals surface area contributed by atoms with Crippen molar-refractivity contribution in [1.29, 1.82) is 0 Å². The maximum absolute atomic E-state index is 13.9. The van der Waals surface area contributed by atoms with E-state index in [-0.39, 0.29) is 12.2 Å². The molecule has 0 N–H and O–H groups in total. The lowest BCUT2D eigenvalue weighted by Crippen LogP contribution is -2.07. The molecular formula is C13H15FO2. The van der Waals surface area contributed by atoms with Crippen LogP contribution in [0.15, 0.2) is 30.9 Å². The summed E-state index contributed by atoms with van der Waals surface area (Å²) in [6.45, 7) is 3.59. The summed E-state index contributed by atoms with van der Waals surface area (Å²) < 4.78 is 18.4. The van der Waals surface area contributed by atoms with Gasteiger partial charge in [0.05, 0.1) is 13.5 Å². The normalized spacial score (nSPS) is 9.88. The second kappa shape index (κ2) is 6.05. The number of benzene rings is 1. The Hall–Kier alpha value is -1.64. The Labute approximate surface area is 94.7 Å². The summed E-state index contributed by atoms with van der Waals surface area (Å²) in [5.41, 5.74) is 0.995. The van der Waals surface area contributed by atoms with E-state index in [0.717, 1.165) is 6.42 Å². The number of ether oxygens (including phenoxy) is 1. The first-order valence-electron chi connectivity index (χ1n) is 5.13. The summed E-state index contributed by atoms with van der Waals surface area (Å²) in [5, 5.41) is 0. The van der Waals surface area contributed by atoms with Gasteiger partial charge in [-0.1, -0.05) is 24.3 Å². The monoisotopic (exact) mass is 222 g/mol. The molecule has 0 aliphatic carbocycles.